The molecule has 0 fully saturated rings. The molecule has 31 heavy (non-hydrogen) atoms. The zero-order valence-electron chi connectivity index (χ0n) is 17.3. The van der Waals surface area contributed by atoms with Gasteiger partial charge in [0.15, 0.2) is 0 Å². The van der Waals surface area contributed by atoms with E-state index in [-0.39, 0.29) is 36.4 Å². The molecule has 166 valence electrons. The van der Waals surface area contributed by atoms with Crippen LogP contribution in [0.1, 0.15) is 40.1 Å². The molecule has 0 aromatic rings. The highest BCUT2D eigenvalue weighted by molar-refractivity contribution is 6.15. The van der Waals surface area contributed by atoms with Gasteiger partial charge in [0.2, 0.25) is 0 Å². The van der Waals surface area contributed by atoms with Gasteiger partial charge in [-0.3, -0.25) is 14.8 Å². The van der Waals surface area contributed by atoms with Crippen LogP contribution >= 0.6 is 0 Å². The Morgan fingerprint density at radius 1 is 0.968 bits per heavy atom. The molecule has 0 saturated heterocycles. The largest absolute Gasteiger partial charge is 0.462 e. The van der Waals surface area contributed by atoms with Crippen LogP contribution in [-0.4, -0.2) is 54.5 Å². The van der Waals surface area contributed by atoms with Gasteiger partial charge in [-0.05, 0) is 30.5 Å². The Morgan fingerprint density at radius 3 is 1.84 bits per heavy atom. The quantitative estimate of drug-likeness (QED) is 0.336. The van der Waals surface area contributed by atoms with Gasteiger partial charge in [0, 0.05) is 0 Å². The SMILES string of the molecule is CCOC(=O)c1c2ccc(CC(=O)N(OC)C(=O)NO)ccc-2c(C(=O)OCC)c1N. The molecule has 0 unspecified atom stereocenters. The molecule has 2 rings (SSSR count). The molecule has 0 heterocycles. The molecular formula is C20H23N3O8. The summed E-state index contributed by atoms with van der Waals surface area (Å²) in [5.41, 5.74) is 8.50. The number of nitrogen functional groups attached to an aromatic ring is 1. The molecule has 4 N–H and O–H groups in total. The number of ether oxygens (including phenoxy) is 2. The molecule has 0 aromatic heterocycles. The number of amides is 3. The molecule has 2 aliphatic rings. The van der Waals surface area contributed by atoms with Crippen molar-refractivity contribution >= 4 is 29.6 Å². The second-order valence-electron chi connectivity index (χ2n) is 6.14. The summed E-state index contributed by atoms with van der Waals surface area (Å²) < 4.78 is 10.1. The second-order valence-corrected chi connectivity index (χ2v) is 6.14. The first-order valence-corrected chi connectivity index (χ1v) is 9.30. The third kappa shape index (κ3) is 4.90. The van der Waals surface area contributed by atoms with E-state index in [1.807, 2.05) is 0 Å². The molecule has 0 saturated carbocycles. The van der Waals surface area contributed by atoms with Gasteiger partial charge in [-0.15, -0.1) is 5.06 Å². The monoisotopic (exact) mass is 433 g/mol. The number of carbonyl (C=O) groups excluding carboxylic acids is 4. The van der Waals surface area contributed by atoms with Crippen LogP contribution < -0.4 is 11.2 Å². The van der Waals surface area contributed by atoms with E-state index in [0.29, 0.717) is 21.8 Å². The number of rotatable bonds is 7. The van der Waals surface area contributed by atoms with Crippen LogP contribution in [0.5, 0.6) is 0 Å². The van der Waals surface area contributed by atoms with E-state index in [4.69, 9.17) is 20.4 Å². The standard InChI is InChI=1S/C20H23N3O8/c1-4-30-18(25)15-12-8-6-11(10-14(24)23(29-3)20(27)22-28)7-9-13(12)16(17(15)21)19(26)31-5-2/h6-9,28H,4-5,10,21H2,1-3H3,(H,22,27). The van der Waals surface area contributed by atoms with Crippen molar-refractivity contribution < 1.29 is 38.7 Å². The predicted molar refractivity (Wildman–Crippen MR) is 107 cm³/mol. The number of urea groups is 1. The van der Waals surface area contributed by atoms with Gasteiger partial charge in [0.1, 0.15) is 0 Å². The minimum absolute atomic E-state index is 0.0200. The van der Waals surface area contributed by atoms with E-state index in [1.165, 1.54) is 29.7 Å². The Morgan fingerprint density at radius 2 is 1.45 bits per heavy atom. The fourth-order valence-electron chi connectivity index (χ4n) is 3.02. The highest BCUT2D eigenvalue weighted by Gasteiger charge is 2.31. The first-order valence-electron chi connectivity index (χ1n) is 9.30. The molecular weight excluding hydrogens is 410 g/mol. The van der Waals surface area contributed by atoms with Gasteiger partial charge in [-0.25, -0.2) is 19.9 Å². The Balaban J connectivity index is 2.55. The van der Waals surface area contributed by atoms with Crippen LogP contribution in [-0.2, 0) is 25.5 Å². The van der Waals surface area contributed by atoms with Crippen molar-refractivity contribution in [2.75, 3.05) is 26.1 Å². The van der Waals surface area contributed by atoms with Crippen LogP contribution in [0.4, 0.5) is 10.5 Å². The molecule has 0 spiro atoms. The molecule has 11 nitrogen and oxygen atoms in total. The van der Waals surface area contributed by atoms with E-state index in [1.54, 1.807) is 13.8 Å². The topological polar surface area (TPSA) is 157 Å². The number of hydroxylamine groups is 3. The summed E-state index contributed by atoms with van der Waals surface area (Å²) >= 11 is 0. The first-order chi connectivity index (χ1) is 14.8. The van der Waals surface area contributed by atoms with E-state index < -0.39 is 23.9 Å². The van der Waals surface area contributed by atoms with Crippen LogP contribution in [0.2, 0.25) is 0 Å². The summed E-state index contributed by atoms with van der Waals surface area (Å²) in [6.07, 6.45) is -0.280. The Bertz CT molecular complexity index is 919. The molecule has 0 aromatic carbocycles. The maximum Gasteiger partial charge on any atom is 0.372 e. The predicted octanol–water partition coefficient (Wildman–Crippen LogP) is 1.76. The van der Waals surface area contributed by atoms with Gasteiger partial charge in [-0.1, -0.05) is 24.3 Å². The van der Waals surface area contributed by atoms with E-state index >= 15 is 0 Å². The average Bonchev–Trinajstić information content (AvgIpc) is 2.87. The van der Waals surface area contributed by atoms with Crippen LogP contribution in [0, 0.1) is 0 Å². The Hall–Kier alpha value is -3.70. The van der Waals surface area contributed by atoms with Gasteiger partial charge in [0.25, 0.3) is 5.91 Å². The molecule has 0 radical (unpaired) electrons. The Labute approximate surface area is 177 Å². The summed E-state index contributed by atoms with van der Waals surface area (Å²) in [5, 5.41) is 9.04. The summed E-state index contributed by atoms with van der Waals surface area (Å²) in [5.74, 6) is -2.17. The lowest BCUT2D eigenvalue weighted by Gasteiger charge is -2.15. The highest BCUT2D eigenvalue weighted by atomic mass is 16.7. The van der Waals surface area contributed by atoms with Crippen molar-refractivity contribution in [1.29, 1.82) is 0 Å². The third-order valence-electron chi connectivity index (χ3n) is 4.30. The van der Waals surface area contributed by atoms with Crippen LogP contribution in [0.3, 0.4) is 0 Å². The number of esters is 2. The summed E-state index contributed by atoms with van der Waals surface area (Å²) in [6, 6.07) is 4.94. The maximum absolute atomic E-state index is 12.5. The summed E-state index contributed by atoms with van der Waals surface area (Å²) in [6.45, 7) is 3.49. The second kappa shape index (κ2) is 10.4. The Kier molecular flexibility index (Phi) is 7.88. The van der Waals surface area contributed by atoms with Crippen molar-refractivity contribution in [3.63, 3.8) is 0 Å². The average molecular weight is 433 g/mol. The lowest BCUT2D eigenvalue weighted by atomic mass is 10.1. The zero-order valence-corrected chi connectivity index (χ0v) is 17.3. The summed E-state index contributed by atoms with van der Waals surface area (Å²) in [4.78, 5) is 53.4. The number of anilines is 1. The molecule has 2 aliphatic carbocycles. The molecule has 0 atom stereocenters. The normalized spacial score (nSPS) is 10.5. The van der Waals surface area contributed by atoms with E-state index in [9.17, 15) is 19.2 Å². The number of fused-ring (bicyclic) bond motifs is 1. The molecule has 3 amide bonds. The molecule has 0 aliphatic heterocycles. The van der Waals surface area contributed by atoms with Crippen LogP contribution in [0.15, 0.2) is 24.3 Å². The lowest BCUT2D eigenvalue weighted by molar-refractivity contribution is -0.161. The van der Waals surface area contributed by atoms with Gasteiger partial charge in [0.05, 0.1) is 43.6 Å². The van der Waals surface area contributed by atoms with Crippen molar-refractivity contribution in [1.82, 2.24) is 10.5 Å². The number of nitrogens with one attached hydrogen (secondary N) is 1. The minimum atomic E-state index is -1.16. The highest BCUT2D eigenvalue weighted by Crippen LogP contribution is 2.39. The van der Waals surface area contributed by atoms with E-state index in [2.05, 4.69) is 4.84 Å². The smallest absolute Gasteiger partial charge is 0.372 e. The summed E-state index contributed by atoms with van der Waals surface area (Å²) in [7, 11) is 1.09. The van der Waals surface area contributed by atoms with Crippen molar-refractivity contribution in [2.24, 2.45) is 0 Å². The minimum Gasteiger partial charge on any atom is -0.462 e. The fraction of sp³-hybridized carbons (Fsp3) is 0.300. The van der Waals surface area contributed by atoms with E-state index in [0.717, 1.165) is 7.11 Å². The number of hydrogen-bond acceptors (Lipinski definition) is 9. The maximum atomic E-state index is 12.5. The van der Waals surface area contributed by atoms with Gasteiger partial charge in [-0.2, -0.15) is 0 Å². The number of nitrogens with zero attached hydrogens (tertiary/aromatic N) is 1. The number of carbonyl (C=O) groups is 4. The van der Waals surface area contributed by atoms with Crippen LogP contribution in [0.25, 0.3) is 11.1 Å². The number of hydrogen-bond donors (Lipinski definition) is 3. The number of imide groups is 1. The van der Waals surface area contributed by atoms with Crippen molar-refractivity contribution in [3.05, 3.63) is 41.0 Å². The van der Waals surface area contributed by atoms with Crippen molar-refractivity contribution in [2.45, 2.75) is 20.3 Å². The lowest BCUT2D eigenvalue weighted by Crippen LogP contribution is -2.42. The van der Waals surface area contributed by atoms with Crippen molar-refractivity contribution in [3.8, 4) is 11.1 Å². The van der Waals surface area contributed by atoms with Gasteiger partial charge >= 0.3 is 18.0 Å². The molecule has 11 heteroatoms. The fourth-order valence-corrected chi connectivity index (χ4v) is 3.02. The first kappa shape index (κ1) is 23.6. The molecule has 0 bridgehead atoms. The number of nitrogens with two attached hydrogens (primary N) is 1. The van der Waals surface area contributed by atoms with Gasteiger partial charge < -0.3 is 15.2 Å². The third-order valence-corrected chi connectivity index (χ3v) is 4.30. The zero-order chi connectivity index (χ0) is 23.1.